The Morgan fingerprint density at radius 3 is 2.88 bits per heavy atom. The number of hydrogen-bond acceptors (Lipinski definition) is 3. The molecule has 1 aliphatic rings. The summed E-state index contributed by atoms with van der Waals surface area (Å²) < 4.78 is 5.56. The Hall–Kier alpha value is -1.55. The minimum absolute atomic E-state index is 0.00361. The number of benzene rings is 1. The lowest BCUT2D eigenvalue weighted by Gasteiger charge is -2.33. The van der Waals surface area contributed by atoms with Gasteiger partial charge < -0.3 is 14.7 Å². The number of aliphatic hydroxyl groups excluding tert-OH is 1. The van der Waals surface area contributed by atoms with Gasteiger partial charge in [-0.3, -0.25) is 4.79 Å². The minimum atomic E-state index is -0.456. The summed E-state index contributed by atoms with van der Waals surface area (Å²) in [5.41, 5.74) is 1.59. The van der Waals surface area contributed by atoms with Crippen molar-refractivity contribution in [3.05, 3.63) is 23.8 Å². The molecule has 1 aliphatic heterocycles. The third-order valence-corrected chi connectivity index (χ3v) is 2.86. The van der Waals surface area contributed by atoms with Crippen LogP contribution in [0.2, 0.25) is 0 Å². The summed E-state index contributed by atoms with van der Waals surface area (Å²) in [6.07, 6.45) is 0.447. The third kappa shape index (κ3) is 2.13. The summed E-state index contributed by atoms with van der Waals surface area (Å²) in [5.74, 6) is 0.674. The van der Waals surface area contributed by atoms with E-state index in [1.807, 2.05) is 19.1 Å². The Labute approximate surface area is 101 Å². The highest BCUT2D eigenvalue weighted by Gasteiger charge is 2.30. The molecule has 1 atom stereocenters. The SMILES string of the molecule is CCCN1C(=O)C(C)Oc2cc(CO)ccc21. The molecule has 0 spiro atoms. The van der Waals surface area contributed by atoms with Crippen molar-refractivity contribution in [1.82, 2.24) is 0 Å². The van der Waals surface area contributed by atoms with Gasteiger partial charge in [0.1, 0.15) is 5.75 Å². The molecule has 1 unspecified atom stereocenters. The maximum absolute atomic E-state index is 12.0. The van der Waals surface area contributed by atoms with Gasteiger partial charge in [0.15, 0.2) is 6.10 Å². The number of carbonyl (C=O) groups excluding carboxylic acids is 1. The first-order chi connectivity index (χ1) is 8.17. The van der Waals surface area contributed by atoms with Crippen molar-refractivity contribution in [1.29, 1.82) is 0 Å². The smallest absolute Gasteiger partial charge is 0.267 e. The molecule has 1 heterocycles. The summed E-state index contributed by atoms with van der Waals surface area (Å²) in [6, 6.07) is 5.44. The highest BCUT2D eigenvalue weighted by molar-refractivity contribution is 5.99. The molecule has 4 nitrogen and oxygen atoms in total. The van der Waals surface area contributed by atoms with Crippen molar-refractivity contribution in [2.45, 2.75) is 33.0 Å². The lowest BCUT2D eigenvalue weighted by molar-refractivity contribution is -0.125. The summed E-state index contributed by atoms with van der Waals surface area (Å²) in [7, 11) is 0. The van der Waals surface area contributed by atoms with E-state index in [0.717, 1.165) is 17.7 Å². The van der Waals surface area contributed by atoms with Crippen LogP contribution >= 0.6 is 0 Å². The topological polar surface area (TPSA) is 49.8 Å². The molecule has 92 valence electrons. The fourth-order valence-electron chi connectivity index (χ4n) is 2.01. The molecule has 17 heavy (non-hydrogen) atoms. The number of amides is 1. The van der Waals surface area contributed by atoms with Crippen LogP contribution in [0.3, 0.4) is 0 Å². The normalized spacial score (nSPS) is 18.9. The molecule has 0 aromatic heterocycles. The van der Waals surface area contributed by atoms with Gasteiger partial charge in [-0.15, -0.1) is 0 Å². The predicted molar refractivity (Wildman–Crippen MR) is 65.1 cm³/mol. The van der Waals surface area contributed by atoms with Gasteiger partial charge in [0, 0.05) is 6.54 Å². The minimum Gasteiger partial charge on any atom is -0.479 e. The van der Waals surface area contributed by atoms with Crippen LogP contribution in [0, 0.1) is 0 Å². The van der Waals surface area contributed by atoms with Gasteiger partial charge in [-0.25, -0.2) is 0 Å². The van der Waals surface area contributed by atoms with Crippen LogP contribution < -0.4 is 9.64 Å². The van der Waals surface area contributed by atoms with Crippen molar-refractivity contribution in [3.8, 4) is 5.75 Å². The number of nitrogens with zero attached hydrogens (tertiary/aromatic N) is 1. The zero-order valence-corrected chi connectivity index (χ0v) is 10.1. The van der Waals surface area contributed by atoms with E-state index >= 15 is 0 Å². The van der Waals surface area contributed by atoms with E-state index in [9.17, 15) is 4.79 Å². The standard InChI is InChI=1S/C13H17NO3/c1-3-6-14-11-5-4-10(8-15)7-12(11)17-9(2)13(14)16/h4-5,7,9,15H,3,6,8H2,1-2H3. The molecule has 2 rings (SSSR count). The van der Waals surface area contributed by atoms with Crippen molar-refractivity contribution < 1.29 is 14.6 Å². The Morgan fingerprint density at radius 1 is 1.47 bits per heavy atom. The Morgan fingerprint density at radius 2 is 2.24 bits per heavy atom. The monoisotopic (exact) mass is 235 g/mol. The molecule has 0 fully saturated rings. The van der Waals surface area contributed by atoms with Gasteiger partial charge in [0.25, 0.3) is 5.91 Å². The van der Waals surface area contributed by atoms with Crippen LogP contribution in [0.4, 0.5) is 5.69 Å². The van der Waals surface area contributed by atoms with E-state index in [0.29, 0.717) is 12.3 Å². The van der Waals surface area contributed by atoms with Gasteiger partial charge in [-0.05, 0) is 31.0 Å². The van der Waals surface area contributed by atoms with Crippen LogP contribution in [0.15, 0.2) is 18.2 Å². The maximum Gasteiger partial charge on any atom is 0.267 e. The first-order valence-electron chi connectivity index (χ1n) is 5.89. The maximum atomic E-state index is 12.0. The first-order valence-corrected chi connectivity index (χ1v) is 5.89. The second-order valence-corrected chi connectivity index (χ2v) is 4.21. The predicted octanol–water partition coefficient (Wildman–Crippen LogP) is 1.70. The number of fused-ring (bicyclic) bond motifs is 1. The van der Waals surface area contributed by atoms with Crippen LogP contribution in [0.1, 0.15) is 25.8 Å². The number of carbonyl (C=O) groups is 1. The van der Waals surface area contributed by atoms with E-state index in [4.69, 9.17) is 9.84 Å². The Kier molecular flexibility index (Phi) is 3.33. The number of ether oxygens (including phenoxy) is 1. The van der Waals surface area contributed by atoms with Gasteiger partial charge in [-0.2, -0.15) is 0 Å². The fourth-order valence-corrected chi connectivity index (χ4v) is 2.01. The molecule has 1 aromatic carbocycles. The van der Waals surface area contributed by atoms with Crippen LogP contribution in [-0.2, 0) is 11.4 Å². The average molecular weight is 235 g/mol. The van der Waals surface area contributed by atoms with Crippen LogP contribution in [0.5, 0.6) is 5.75 Å². The molecule has 0 aliphatic carbocycles. The van der Waals surface area contributed by atoms with E-state index in [-0.39, 0.29) is 12.5 Å². The Bertz CT molecular complexity index is 431. The highest BCUT2D eigenvalue weighted by atomic mass is 16.5. The fraction of sp³-hybridized carbons (Fsp3) is 0.462. The van der Waals surface area contributed by atoms with E-state index in [2.05, 4.69) is 0 Å². The molecule has 4 heteroatoms. The van der Waals surface area contributed by atoms with Gasteiger partial charge in [0.05, 0.1) is 12.3 Å². The second kappa shape index (κ2) is 4.75. The number of hydrogen-bond donors (Lipinski definition) is 1. The number of anilines is 1. The zero-order chi connectivity index (χ0) is 12.4. The summed E-state index contributed by atoms with van der Waals surface area (Å²) >= 11 is 0. The lowest BCUT2D eigenvalue weighted by atomic mass is 10.1. The van der Waals surface area contributed by atoms with E-state index in [1.54, 1.807) is 17.9 Å². The lowest BCUT2D eigenvalue weighted by Crippen LogP contribution is -2.44. The molecular weight excluding hydrogens is 218 g/mol. The number of rotatable bonds is 3. The first kappa shape index (κ1) is 11.9. The van der Waals surface area contributed by atoms with E-state index < -0.39 is 6.10 Å². The summed E-state index contributed by atoms with van der Waals surface area (Å²) in [6.45, 7) is 4.46. The highest BCUT2D eigenvalue weighted by Crippen LogP contribution is 2.34. The quantitative estimate of drug-likeness (QED) is 0.867. The average Bonchev–Trinajstić information content (AvgIpc) is 2.34. The van der Waals surface area contributed by atoms with Crippen LogP contribution in [-0.4, -0.2) is 23.7 Å². The largest absolute Gasteiger partial charge is 0.479 e. The summed E-state index contributed by atoms with van der Waals surface area (Å²) in [4.78, 5) is 13.7. The van der Waals surface area contributed by atoms with Gasteiger partial charge in [-0.1, -0.05) is 13.0 Å². The molecule has 1 N–H and O–H groups in total. The molecule has 0 saturated heterocycles. The van der Waals surface area contributed by atoms with Crippen molar-refractivity contribution in [3.63, 3.8) is 0 Å². The molecule has 0 bridgehead atoms. The van der Waals surface area contributed by atoms with Gasteiger partial charge >= 0.3 is 0 Å². The zero-order valence-electron chi connectivity index (χ0n) is 10.1. The summed E-state index contributed by atoms with van der Waals surface area (Å²) in [5, 5.41) is 9.09. The molecule has 0 saturated carbocycles. The second-order valence-electron chi connectivity index (χ2n) is 4.21. The molecular formula is C13H17NO3. The van der Waals surface area contributed by atoms with E-state index in [1.165, 1.54) is 0 Å². The molecule has 1 amide bonds. The van der Waals surface area contributed by atoms with Gasteiger partial charge in [0.2, 0.25) is 0 Å². The number of aliphatic hydroxyl groups is 1. The van der Waals surface area contributed by atoms with Crippen LogP contribution in [0.25, 0.3) is 0 Å². The molecule has 1 aromatic rings. The molecule has 0 radical (unpaired) electrons. The van der Waals surface area contributed by atoms with Crippen molar-refractivity contribution in [2.75, 3.05) is 11.4 Å². The van der Waals surface area contributed by atoms with Crippen molar-refractivity contribution in [2.24, 2.45) is 0 Å². The Balaban J connectivity index is 2.41. The third-order valence-electron chi connectivity index (χ3n) is 2.86. The van der Waals surface area contributed by atoms with Crippen molar-refractivity contribution >= 4 is 11.6 Å².